The topological polar surface area (TPSA) is 101 Å². The van der Waals surface area contributed by atoms with Gasteiger partial charge in [-0.15, -0.1) is 0 Å². The molecule has 1 heterocycles. The van der Waals surface area contributed by atoms with Crippen molar-refractivity contribution in [1.82, 2.24) is 15.3 Å². The molecule has 7 heteroatoms. The number of nitrogens with one attached hydrogen (secondary N) is 2. The molecule has 0 aliphatic heterocycles. The lowest BCUT2D eigenvalue weighted by atomic mass is 10.1. The second-order valence-electron chi connectivity index (χ2n) is 6.21. The van der Waals surface area contributed by atoms with Crippen LogP contribution in [0.2, 0.25) is 0 Å². The second kappa shape index (κ2) is 8.30. The predicted molar refractivity (Wildman–Crippen MR) is 105 cm³/mol. The predicted octanol–water partition coefficient (Wildman–Crippen LogP) is 2.45. The first-order valence-corrected chi connectivity index (χ1v) is 8.64. The van der Waals surface area contributed by atoms with Crippen LogP contribution in [0.5, 0.6) is 0 Å². The van der Waals surface area contributed by atoms with Crippen molar-refractivity contribution in [2.24, 2.45) is 0 Å². The van der Waals surface area contributed by atoms with Gasteiger partial charge in [0.2, 0.25) is 5.91 Å². The standard InChI is InChI=1S/C21H19N3O4/c1-13-7-6-10-16-19(13)23-18(24-20(16)26)12-28-21(27)17(22-14(2)25)11-15-8-4-3-5-9-15/h3-11H,12H2,1-2H3,(H,22,25)(H,23,24,26)/b17-11-. The molecule has 2 N–H and O–H groups in total. The molecular formula is C21H19N3O4. The van der Waals surface area contributed by atoms with Gasteiger partial charge in [0.25, 0.3) is 5.56 Å². The molecule has 1 aromatic heterocycles. The van der Waals surface area contributed by atoms with Crippen LogP contribution in [-0.2, 0) is 20.9 Å². The Bertz CT molecular complexity index is 1120. The van der Waals surface area contributed by atoms with Gasteiger partial charge >= 0.3 is 5.97 Å². The van der Waals surface area contributed by atoms with E-state index in [4.69, 9.17) is 4.74 Å². The van der Waals surface area contributed by atoms with Crippen molar-refractivity contribution in [3.05, 3.63) is 81.5 Å². The molecule has 28 heavy (non-hydrogen) atoms. The van der Waals surface area contributed by atoms with Crippen molar-refractivity contribution in [2.45, 2.75) is 20.5 Å². The number of benzene rings is 2. The summed E-state index contributed by atoms with van der Waals surface area (Å²) in [6, 6.07) is 14.4. The first kappa shape index (κ1) is 19.0. The Morgan fingerprint density at radius 2 is 1.89 bits per heavy atom. The van der Waals surface area contributed by atoms with Crippen LogP contribution in [0, 0.1) is 6.92 Å². The maximum atomic E-state index is 12.4. The van der Waals surface area contributed by atoms with Crippen LogP contribution in [0.25, 0.3) is 17.0 Å². The number of hydrogen-bond donors (Lipinski definition) is 2. The van der Waals surface area contributed by atoms with Crippen molar-refractivity contribution in [2.75, 3.05) is 0 Å². The van der Waals surface area contributed by atoms with Crippen LogP contribution in [0.4, 0.5) is 0 Å². The number of ether oxygens (including phenoxy) is 1. The summed E-state index contributed by atoms with van der Waals surface area (Å²) < 4.78 is 5.25. The van der Waals surface area contributed by atoms with Gasteiger partial charge in [0.1, 0.15) is 18.1 Å². The number of carbonyl (C=O) groups is 2. The molecule has 142 valence electrons. The number of hydrogen-bond acceptors (Lipinski definition) is 5. The number of aromatic nitrogens is 2. The third-order valence-corrected chi connectivity index (χ3v) is 3.97. The van der Waals surface area contributed by atoms with E-state index in [9.17, 15) is 14.4 Å². The molecule has 7 nitrogen and oxygen atoms in total. The number of rotatable bonds is 5. The Morgan fingerprint density at radius 3 is 2.61 bits per heavy atom. The van der Waals surface area contributed by atoms with E-state index in [0.29, 0.717) is 10.9 Å². The zero-order valence-corrected chi connectivity index (χ0v) is 15.5. The molecule has 3 aromatic rings. The average Bonchev–Trinajstić information content (AvgIpc) is 2.67. The van der Waals surface area contributed by atoms with Crippen LogP contribution < -0.4 is 10.9 Å². The highest BCUT2D eigenvalue weighted by atomic mass is 16.5. The first-order chi connectivity index (χ1) is 13.4. The molecule has 0 aliphatic rings. The molecule has 0 fully saturated rings. The molecule has 3 rings (SSSR count). The van der Waals surface area contributed by atoms with Crippen molar-refractivity contribution in [1.29, 1.82) is 0 Å². The number of aryl methyl sites for hydroxylation is 1. The van der Waals surface area contributed by atoms with Gasteiger partial charge in [-0.2, -0.15) is 0 Å². The fraction of sp³-hybridized carbons (Fsp3) is 0.143. The summed E-state index contributed by atoms with van der Waals surface area (Å²) in [7, 11) is 0. The first-order valence-electron chi connectivity index (χ1n) is 8.64. The molecule has 1 amide bonds. The quantitative estimate of drug-likeness (QED) is 0.525. The van der Waals surface area contributed by atoms with E-state index in [1.54, 1.807) is 24.3 Å². The number of aromatic amines is 1. The van der Waals surface area contributed by atoms with Crippen LogP contribution in [0.15, 0.2) is 59.0 Å². The lowest BCUT2D eigenvalue weighted by molar-refractivity contribution is -0.141. The Labute approximate surface area is 161 Å². The number of esters is 1. The maximum Gasteiger partial charge on any atom is 0.355 e. The van der Waals surface area contributed by atoms with Crippen molar-refractivity contribution >= 4 is 28.9 Å². The van der Waals surface area contributed by atoms with Crippen molar-refractivity contribution in [3.8, 4) is 0 Å². The monoisotopic (exact) mass is 377 g/mol. The van der Waals surface area contributed by atoms with E-state index in [-0.39, 0.29) is 23.7 Å². The third-order valence-electron chi connectivity index (χ3n) is 3.97. The van der Waals surface area contributed by atoms with E-state index < -0.39 is 11.9 Å². The fourth-order valence-corrected chi connectivity index (χ4v) is 2.68. The summed E-state index contributed by atoms with van der Waals surface area (Å²) in [5, 5.41) is 2.94. The fourth-order valence-electron chi connectivity index (χ4n) is 2.68. The number of para-hydroxylation sites is 1. The highest BCUT2D eigenvalue weighted by Crippen LogP contribution is 2.13. The minimum atomic E-state index is -0.730. The smallest absolute Gasteiger partial charge is 0.355 e. The molecular weight excluding hydrogens is 358 g/mol. The maximum absolute atomic E-state index is 12.4. The van der Waals surface area contributed by atoms with Crippen LogP contribution in [0.1, 0.15) is 23.9 Å². The van der Waals surface area contributed by atoms with Gasteiger partial charge in [0, 0.05) is 6.92 Å². The molecule has 0 bridgehead atoms. The van der Waals surface area contributed by atoms with Crippen molar-refractivity contribution < 1.29 is 14.3 Å². The number of H-pyrrole nitrogens is 1. The normalized spacial score (nSPS) is 11.3. The zero-order valence-electron chi connectivity index (χ0n) is 15.5. The highest BCUT2D eigenvalue weighted by molar-refractivity contribution is 5.97. The molecule has 0 atom stereocenters. The van der Waals surface area contributed by atoms with E-state index in [2.05, 4.69) is 15.3 Å². The number of amides is 1. The summed E-state index contributed by atoms with van der Waals surface area (Å²) in [5.41, 5.74) is 1.83. The third kappa shape index (κ3) is 4.50. The number of carbonyl (C=O) groups excluding carboxylic acids is 2. The molecule has 0 spiro atoms. The summed E-state index contributed by atoms with van der Waals surface area (Å²) in [4.78, 5) is 43.1. The van der Waals surface area contributed by atoms with Gasteiger partial charge < -0.3 is 15.0 Å². The Balaban J connectivity index is 1.82. The van der Waals surface area contributed by atoms with Crippen LogP contribution in [-0.4, -0.2) is 21.8 Å². The molecule has 2 aromatic carbocycles. The van der Waals surface area contributed by atoms with Crippen molar-refractivity contribution in [3.63, 3.8) is 0 Å². The van der Waals surface area contributed by atoms with Crippen LogP contribution in [0.3, 0.4) is 0 Å². The van der Waals surface area contributed by atoms with Gasteiger partial charge in [0.15, 0.2) is 0 Å². The van der Waals surface area contributed by atoms with Gasteiger partial charge in [0.05, 0.1) is 10.9 Å². The van der Waals surface area contributed by atoms with E-state index in [0.717, 1.165) is 11.1 Å². The lowest BCUT2D eigenvalue weighted by Crippen LogP contribution is -2.26. The minimum absolute atomic E-state index is 0.00184. The molecule has 0 saturated carbocycles. The van der Waals surface area contributed by atoms with Gasteiger partial charge in [-0.1, -0.05) is 42.5 Å². The summed E-state index contributed by atoms with van der Waals surface area (Å²) in [6.07, 6.45) is 1.52. The Hall–Kier alpha value is -3.74. The van der Waals surface area contributed by atoms with E-state index in [1.807, 2.05) is 31.2 Å². The van der Waals surface area contributed by atoms with E-state index in [1.165, 1.54) is 13.0 Å². The SMILES string of the molecule is CC(=O)N/C(=C\c1ccccc1)C(=O)OCc1nc2c(C)cccc2c(=O)[nH]1. The second-order valence-corrected chi connectivity index (χ2v) is 6.21. The molecule has 0 radical (unpaired) electrons. The average molecular weight is 377 g/mol. The van der Waals surface area contributed by atoms with Gasteiger partial charge in [-0.3, -0.25) is 9.59 Å². The summed E-state index contributed by atoms with van der Waals surface area (Å²) >= 11 is 0. The molecule has 0 unspecified atom stereocenters. The minimum Gasteiger partial charge on any atom is -0.453 e. The van der Waals surface area contributed by atoms with Gasteiger partial charge in [-0.05, 0) is 30.2 Å². The lowest BCUT2D eigenvalue weighted by Gasteiger charge is -2.09. The highest BCUT2D eigenvalue weighted by Gasteiger charge is 2.14. The summed E-state index contributed by atoms with van der Waals surface area (Å²) in [5.74, 6) is -0.902. The molecule has 0 saturated heterocycles. The largest absolute Gasteiger partial charge is 0.453 e. The molecule has 0 aliphatic carbocycles. The number of fused-ring (bicyclic) bond motifs is 1. The van der Waals surface area contributed by atoms with Crippen LogP contribution >= 0.6 is 0 Å². The van der Waals surface area contributed by atoms with Gasteiger partial charge in [-0.25, -0.2) is 9.78 Å². The Morgan fingerprint density at radius 1 is 1.14 bits per heavy atom. The summed E-state index contributed by atoms with van der Waals surface area (Å²) in [6.45, 7) is 2.92. The zero-order chi connectivity index (χ0) is 20.1. The van der Waals surface area contributed by atoms with E-state index >= 15 is 0 Å². The Kier molecular flexibility index (Phi) is 5.64. The number of nitrogens with zero attached hydrogens (tertiary/aromatic N) is 1.